The van der Waals surface area contributed by atoms with Crippen LogP contribution < -0.4 is 4.74 Å². The van der Waals surface area contributed by atoms with E-state index >= 15 is 0 Å². The standard InChI is InChI=1S/C30H46O3Si/c1-10-12-13-14-19-27(20-16-22-34(23(3)4,24(5)6)25(7)8)33-30(31)29-26(17-11-2)18-15-21-28(29)32-9/h10-11,15,18,21,23-25,27H,1-2,12-14,17,19-20H2,3-9H3. The van der Waals surface area contributed by atoms with Crippen LogP contribution in [0.3, 0.4) is 0 Å². The topological polar surface area (TPSA) is 35.5 Å². The lowest BCUT2D eigenvalue weighted by atomic mass is 10.0. The van der Waals surface area contributed by atoms with Crippen molar-refractivity contribution in [1.82, 2.24) is 0 Å². The Morgan fingerprint density at radius 3 is 2.21 bits per heavy atom. The fourth-order valence-corrected chi connectivity index (χ4v) is 10.4. The quantitative estimate of drug-likeness (QED) is 0.0879. The van der Waals surface area contributed by atoms with Crippen LogP contribution in [0.5, 0.6) is 5.75 Å². The normalized spacial score (nSPS) is 12.3. The highest BCUT2D eigenvalue weighted by Crippen LogP contribution is 2.40. The molecular weight excluding hydrogens is 436 g/mol. The molecule has 0 radical (unpaired) electrons. The lowest BCUT2D eigenvalue weighted by molar-refractivity contribution is 0.0284. The molecule has 0 N–H and O–H groups in total. The largest absolute Gasteiger partial charge is 0.496 e. The number of ether oxygens (including phenoxy) is 2. The molecule has 1 aromatic rings. The van der Waals surface area contributed by atoms with Crippen molar-refractivity contribution in [1.29, 1.82) is 0 Å². The van der Waals surface area contributed by atoms with E-state index in [4.69, 9.17) is 9.47 Å². The Morgan fingerprint density at radius 1 is 1.03 bits per heavy atom. The first-order valence-electron chi connectivity index (χ1n) is 12.7. The zero-order valence-corrected chi connectivity index (χ0v) is 23.6. The second kappa shape index (κ2) is 14.9. The molecule has 0 saturated heterocycles. The lowest BCUT2D eigenvalue weighted by Gasteiger charge is -2.38. The van der Waals surface area contributed by atoms with Gasteiger partial charge in [0, 0.05) is 6.42 Å². The van der Waals surface area contributed by atoms with Crippen LogP contribution in [0.15, 0.2) is 43.5 Å². The molecule has 1 unspecified atom stereocenters. The summed E-state index contributed by atoms with van der Waals surface area (Å²) < 4.78 is 11.6. The van der Waals surface area contributed by atoms with Crippen LogP contribution >= 0.6 is 0 Å². The van der Waals surface area contributed by atoms with Crippen molar-refractivity contribution >= 4 is 14.0 Å². The van der Waals surface area contributed by atoms with Gasteiger partial charge in [0.15, 0.2) is 0 Å². The Kier molecular flexibility index (Phi) is 13.0. The number of allylic oxidation sites excluding steroid dienone is 2. The highest BCUT2D eigenvalue weighted by molar-refractivity contribution is 6.90. The van der Waals surface area contributed by atoms with E-state index in [1.807, 2.05) is 18.2 Å². The summed E-state index contributed by atoms with van der Waals surface area (Å²) >= 11 is 0. The van der Waals surface area contributed by atoms with E-state index in [2.05, 4.69) is 66.2 Å². The van der Waals surface area contributed by atoms with Gasteiger partial charge in [0.25, 0.3) is 0 Å². The first kappa shape index (κ1) is 29.8. The SMILES string of the molecule is C=CCCCCC(CC#C[Si](C(C)C)(C(C)C)C(C)C)OC(=O)c1c(CC=C)cccc1OC. The Labute approximate surface area is 210 Å². The molecule has 0 heterocycles. The van der Waals surface area contributed by atoms with E-state index < -0.39 is 8.07 Å². The summed E-state index contributed by atoms with van der Waals surface area (Å²) in [6, 6.07) is 5.62. The molecule has 0 aromatic heterocycles. The molecule has 0 saturated carbocycles. The van der Waals surface area contributed by atoms with E-state index in [-0.39, 0.29) is 12.1 Å². The molecule has 3 nitrogen and oxygen atoms in total. The fraction of sp³-hybridized carbons (Fsp3) is 0.567. The van der Waals surface area contributed by atoms with E-state index in [1.165, 1.54) is 0 Å². The molecular formula is C30H46O3Si. The van der Waals surface area contributed by atoms with Gasteiger partial charge in [0.05, 0.1) is 7.11 Å². The van der Waals surface area contributed by atoms with Gasteiger partial charge in [-0.1, -0.05) is 65.8 Å². The molecule has 0 amide bonds. The van der Waals surface area contributed by atoms with Gasteiger partial charge < -0.3 is 9.47 Å². The third-order valence-electron chi connectivity index (χ3n) is 6.86. The average Bonchev–Trinajstić information content (AvgIpc) is 2.78. The molecule has 0 spiro atoms. The molecule has 188 valence electrons. The zero-order valence-electron chi connectivity index (χ0n) is 22.6. The summed E-state index contributed by atoms with van der Waals surface area (Å²) in [6.45, 7) is 21.5. The molecule has 0 aliphatic heterocycles. The van der Waals surface area contributed by atoms with Gasteiger partial charge in [-0.05, 0) is 60.4 Å². The number of rotatable bonds is 14. The number of benzene rings is 1. The number of carbonyl (C=O) groups is 1. The predicted molar refractivity (Wildman–Crippen MR) is 148 cm³/mol. The van der Waals surface area contributed by atoms with Crippen molar-refractivity contribution in [3.8, 4) is 17.2 Å². The number of unbranched alkanes of at least 4 members (excludes halogenated alkanes) is 2. The second-order valence-electron chi connectivity index (χ2n) is 9.99. The van der Waals surface area contributed by atoms with E-state index in [0.29, 0.717) is 40.8 Å². The highest BCUT2D eigenvalue weighted by atomic mass is 28.3. The summed E-state index contributed by atoms with van der Waals surface area (Å²) in [6.07, 6.45) is 8.38. The average molecular weight is 483 g/mol. The van der Waals surface area contributed by atoms with Gasteiger partial charge in [-0.15, -0.1) is 24.6 Å². The number of esters is 1. The maximum absolute atomic E-state index is 13.3. The molecule has 0 bridgehead atoms. The van der Waals surface area contributed by atoms with Gasteiger partial charge in [-0.3, -0.25) is 0 Å². The van der Waals surface area contributed by atoms with Crippen molar-refractivity contribution in [2.45, 2.75) is 103 Å². The minimum atomic E-state index is -1.82. The van der Waals surface area contributed by atoms with Crippen LogP contribution in [0.25, 0.3) is 0 Å². The highest BCUT2D eigenvalue weighted by Gasteiger charge is 2.41. The molecule has 1 aromatic carbocycles. The van der Waals surface area contributed by atoms with Crippen molar-refractivity contribution in [2.75, 3.05) is 7.11 Å². The van der Waals surface area contributed by atoms with Crippen LogP contribution in [0.2, 0.25) is 16.6 Å². The van der Waals surface area contributed by atoms with Gasteiger partial charge in [-0.2, -0.15) is 0 Å². The first-order chi connectivity index (χ1) is 16.1. The smallest absolute Gasteiger partial charge is 0.342 e. The van der Waals surface area contributed by atoms with Crippen molar-refractivity contribution < 1.29 is 14.3 Å². The Morgan fingerprint density at radius 2 is 1.68 bits per heavy atom. The molecule has 1 rings (SSSR count). The van der Waals surface area contributed by atoms with E-state index in [0.717, 1.165) is 31.2 Å². The third kappa shape index (κ3) is 7.91. The van der Waals surface area contributed by atoms with E-state index in [9.17, 15) is 4.79 Å². The van der Waals surface area contributed by atoms with Gasteiger partial charge >= 0.3 is 5.97 Å². The second-order valence-corrected chi connectivity index (χ2v) is 15.6. The number of hydrogen-bond donors (Lipinski definition) is 0. The summed E-state index contributed by atoms with van der Waals surface area (Å²) in [7, 11) is -0.243. The van der Waals surface area contributed by atoms with Gasteiger partial charge in [0.1, 0.15) is 25.5 Å². The first-order valence-corrected chi connectivity index (χ1v) is 15.0. The van der Waals surface area contributed by atoms with Gasteiger partial charge in [0.2, 0.25) is 0 Å². The predicted octanol–water partition coefficient (Wildman–Crippen LogP) is 8.31. The monoisotopic (exact) mass is 482 g/mol. The van der Waals surface area contributed by atoms with Crippen molar-refractivity contribution in [3.05, 3.63) is 54.6 Å². The van der Waals surface area contributed by atoms with Crippen LogP contribution in [0, 0.1) is 11.5 Å². The van der Waals surface area contributed by atoms with Crippen LogP contribution in [0.1, 0.15) is 89.6 Å². The Bertz CT molecular complexity index is 836. The maximum atomic E-state index is 13.3. The summed E-state index contributed by atoms with van der Waals surface area (Å²) in [4.78, 5) is 13.3. The van der Waals surface area contributed by atoms with Crippen LogP contribution in [0.4, 0.5) is 0 Å². The fourth-order valence-electron chi connectivity index (χ4n) is 5.13. The van der Waals surface area contributed by atoms with Crippen molar-refractivity contribution in [2.24, 2.45) is 0 Å². The molecule has 1 atom stereocenters. The summed E-state index contributed by atoms with van der Waals surface area (Å²) in [5, 5.41) is 0. The molecule has 0 aliphatic carbocycles. The van der Waals surface area contributed by atoms with Crippen molar-refractivity contribution in [3.63, 3.8) is 0 Å². The summed E-state index contributed by atoms with van der Waals surface area (Å²) in [5.74, 6) is 3.69. The summed E-state index contributed by atoms with van der Waals surface area (Å²) in [5.41, 5.74) is 6.85. The molecule has 4 heteroatoms. The van der Waals surface area contributed by atoms with Gasteiger partial charge in [-0.25, -0.2) is 4.79 Å². The third-order valence-corrected chi connectivity index (χ3v) is 13.2. The molecule has 34 heavy (non-hydrogen) atoms. The number of hydrogen-bond acceptors (Lipinski definition) is 3. The maximum Gasteiger partial charge on any atom is 0.342 e. The lowest BCUT2D eigenvalue weighted by Crippen LogP contribution is -2.43. The number of carbonyl (C=O) groups excluding carboxylic acids is 1. The Hall–Kier alpha value is -2.25. The number of methoxy groups -OCH3 is 1. The minimum Gasteiger partial charge on any atom is -0.496 e. The van der Waals surface area contributed by atoms with Crippen LogP contribution in [-0.2, 0) is 11.2 Å². The minimum absolute atomic E-state index is 0.246. The van der Waals surface area contributed by atoms with Crippen LogP contribution in [-0.4, -0.2) is 27.3 Å². The molecule has 0 aliphatic rings. The Balaban J connectivity index is 3.21. The molecule has 0 fully saturated rings. The van der Waals surface area contributed by atoms with E-state index in [1.54, 1.807) is 19.3 Å². The zero-order chi connectivity index (χ0) is 25.7.